The molecule has 0 aliphatic carbocycles. The quantitative estimate of drug-likeness (QED) is 0.837. The SMILES string of the molecule is Cc1ccc(S(=O)(=O)N2CC=C(Cl)CS2=O)cc1. The Labute approximate surface area is 114 Å². The van der Waals surface area contributed by atoms with Crippen molar-refractivity contribution in [2.45, 2.75) is 11.8 Å². The molecule has 1 aliphatic heterocycles. The Morgan fingerprint density at radius 3 is 2.44 bits per heavy atom. The second kappa shape index (κ2) is 5.13. The predicted molar refractivity (Wildman–Crippen MR) is 72.0 cm³/mol. The first-order chi connectivity index (χ1) is 8.41. The number of sulfonamides is 1. The molecule has 7 heteroatoms. The summed E-state index contributed by atoms with van der Waals surface area (Å²) in [7, 11) is -5.36. The number of hydrogen-bond acceptors (Lipinski definition) is 3. The zero-order chi connectivity index (χ0) is 13.3. The van der Waals surface area contributed by atoms with Crippen LogP contribution < -0.4 is 0 Å². The van der Waals surface area contributed by atoms with Gasteiger partial charge < -0.3 is 0 Å². The molecule has 1 atom stereocenters. The van der Waals surface area contributed by atoms with Crippen molar-refractivity contribution in [2.24, 2.45) is 0 Å². The molecule has 18 heavy (non-hydrogen) atoms. The summed E-state index contributed by atoms with van der Waals surface area (Å²) in [5.41, 5.74) is 0.969. The largest absolute Gasteiger partial charge is 0.254 e. The molecule has 0 aromatic heterocycles. The van der Waals surface area contributed by atoms with Gasteiger partial charge in [0.25, 0.3) is 10.0 Å². The molecule has 4 nitrogen and oxygen atoms in total. The fourth-order valence-corrected chi connectivity index (χ4v) is 4.91. The highest BCUT2D eigenvalue weighted by Crippen LogP contribution is 2.22. The van der Waals surface area contributed by atoms with E-state index in [4.69, 9.17) is 11.6 Å². The van der Waals surface area contributed by atoms with Gasteiger partial charge in [0.15, 0.2) is 0 Å². The number of aryl methyl sites for hydroxylation is 1. The summed E-state index contributed by atoms with van der Waals surface area (Å²) in [6.45, 7) is 1.92. The van der Waals surface area contributed by atoms with Crippen LogP contribution in [0.3, 0.4) is 0 Å². The van der Waals surface area contributed by atoms with Gasteiger partial charge in [0.05, 0.1) is 10.6 Å². The lowest BCUT2D eigenvalue weighted by Crippen LogP contribution is -2.37. The van der Waals surface area contributed by atoms with Crippen LogP contribution >= 0.6 is 11.6 Å². The number of hydrogen-bond donors (Lipinski definition) is 0. The van der Waals surface area contributed by atoms with Gasteiger partial charge in [-0.2, -0.15) is 0 Å². The molecule has 0 saturated carbocycles. The van der Waals surface area contributed by atoms with Crippen molar-refractivity contribution in [3.63, 3.8) is 0 Å². The average Bonchev–Trinajstić information content (AvgIpc) is 2.29. The fourth-order valence-electron chi connectivity index (χ4n) is 1.54. The van der Waals surface area contributed by atoms with E-state index in [9.17, 15) is 12.6 Å². The minimum atomic E-state index is -3.72. The standard InChI is InChI=1S/C11H12ClNO3S2/c1-9-2-4-11(5-3-9)18(15,16)13-7-6-10(12)8-17(13)14/h2-6H,7-8H2,1H3. The molecule has 0 bridgehead atoms. The maximum atomic E-state index is 12.3. The first kappa shape index (κ1) is 13.7. The third-order valence-electron chi connectivity index (χ3n) is 2.54. The van der Waals surface area contributed by atoms with Crippen molar-refractivity contribution in [1.29, 1.82) is 0 Å². The molecule has 98 valence electrons. The summed E-state index contributed by atoms with van der Waals surface area (Å²) >= 11 is 5.74. The van der Waals surface area contributed by atoms with Crippen molar-refractivity contribution in [3.05, 3.63) is 40.9 Å². The van der Waals surface area contributed by atoms with Crippen LogP contribution in [-0.4, -0.2) is 28.6 Å². The van der Waals surface area contributed by atoms with Gasteiger partial charge in [-0.3, -0.25) is 0 Å². The summed E-state index contributed by atoms with van der Waals surface area (Å²) in [5, 5.41) is 0.434. The van der Waals surface area contributed by atoms with Crippen molar-refractivity contribution >= 4 is 32.6 Å². The Morgan fingerprint density at radius 1 is 1.28 bits per heavy atom. The Hall–Kier alpha value is -0.690. The minimum Gasteiger partial charge on any atom is -0.241 e. The summed E-state index contributed by atoms with van der Waals surface area (Å²) in [6.07, 6.45) is 1.56. The van der Waals surface area contributed by atoms with Gasteiger partial charge in [-0.05, 0) is 19.1 Å². The minimum absolute atomic E-state index is 0.0433. The second-order valence-corrected chi connectivity index (χ2v) is 7.87. The third-order valence-corrected chi connectivity index (χ3v) is 6.79. The van der Waals surface area contributed by atoms with E-state index < -0.39 is 21.0 Å². The smallest absolute Gasteiger partial charge is 0.241 e. The van der Waals surface area contributed by atoms with E-state index in [0.29, 0.717) is 5.03 Å². The molecule has 0 N–H and O–H groups in total. The highest BCUT2D eigenvalue weighted by Gasteiger charge is 2.31. The maximum Gasteiger partial charge on any atom is 0.254 e. The Morgan fingerprint density at radius 2 is 1.89 bits per heavy atom. The van der Waals surface area contributed by atoms with Crippen LogP contribution in [-0.2, 0) is 21.0 Å². The highest BCUT2D eigenvalue weighted by atomic mass is 35.5. The zero-order valence-electron chi connectivity index (χ0n) is 9.67. The van der Waals surface area contributed by atoms with Gasteiger partial charge in [0, 0.05) is 11.6 Å². The highest BCUT2D eigenvalue weighted by molar-refractivity contribution is 8.01. The summed E-state index contributed by atoms with van der Waals surface area (Å²) in [6, 6.07) is 6.45. The van der Waals surface area contributed by atoms with Crippen LogP contribution in [0.15, 0.2) is 40.3 Å². The molecule has 1 aliphatic rings. The summed E-state index contributed by atoms with van der Waals surface area (Å²) in [4.78, 5) is 0.146. The van der Waals surface area contributed by atoms with Gasteiger partial charge in [-0.15, -0.1) is 3.71 Å². The van der Waals surface area contributed by atoms with E-state index in [-0.39, 0.29) is 17.2 Å². The average molecular weight is 306 g/mol. The zero-order valence-corrected chi connectivity index (χ0v) is 12.1. The molecule has 2 rings (SSSR count). The molecule has 1 aromatic carbocycles. The molecule has 0 amide bonds. The summed E-state index contributed by atoms with van der Waals surface area (Å²) in [5.74, 6) is 0.0483. The molecule has 0 radical (unpaired) electrons. The van der Waals surface area contributed by atoms with Crippen molar-refractivity contribution in [2.75, 3.05) is 12.3 Å². The fraction of sp³-hybridized carbons (Fsp3) is 0.273. The first-order valence-electron chi connectivity index (χ1n) is 5.24. The topological polar surface area (TPSA) is 54.5 Å². The Balaban J connectivity index is 2.38. The Bertz CT molecular complexity index is 608. The van der Waals surface area contributed by atoms with Crippen LogP contribution in [0.2, 0.25) is 0 Å². The number of nitrogens with zero attached hydrogens (tertiary/aromatic N) is 1. The lowest BCUT2D eigenvalue weighted by atomic mass is 10.2. The molecular weight excluding hydrogens is 294 g/mol. The van der Waals surface area contributed by atoms with Crippen LogP contribution in [0.5, 0.6) is 0 Å². The molecule has 1 aromatic rings. The molecule has 0 fully saturated rings. The van der Waals surface area contributed by atoms with Gasteiger partial charge in [-0.25, -0.2) is 12.6 Å². The van der Waals surface area contributed by atoms with Crippen LogP contribution in [0, 0.1) is 6.92 Å². The van der Waals surface area contributed by atoms with E-state index in [1.54, 1.807) is 18.2 Å². The maximum absolute atomic E-state index is 12.3. The Kier molecular flexibility index (Phi) is 3.91. The van der Waals surface area contributed by atoms with Crippen molar-refractivity contribution in [1.82, 2.24) is 3.71 Å². The van der Waals surface area contributed by atoms with E-state index in [1.165, 1.54) is 12.1 Å². The number of benzene rings is 1. The van der Waals surface area contributed by atoms with Gasteiger partial charge in [-0.1, -0.05) is 35.4 Å². The van der Waals surface area contributed by atoms with Gasteiger partial charge >= 0.3 is 0 Å². The summed E-state index contributed by atoms with van der Waals surface area (Å²) < 4.78 is 37.3. The van der Waals surface area contributed by atoms with E-state index in [1.807, 2.05) is 6.92 Å². The van der Waals surface area contributed by atoms with Crippen molar-refractivity contribution in [3.8, 4) is 0 Å². The van der Waals surface area contributed by atoms with Crippen LogP contribution in [0.1, 0.15) is 5.56 Å². The van der Waals surface area contributed by atoms with Crippen LogP contribution in [0.25, 0.3) is 0 Å². The first-order valence-corrected chi connectivity index (χ1v) is 8.33. The van der Waals surface area contributed by atoms with E-state index in [2.05, 4.69) is 0 Å². The lowest BCUT2D eigenvalue weighted by molar-refractivity contribution is 0.543. The predicted octanol–water partition coefficient (Wildman–Crippen LogP) is 1.79. The number of halogens is 1. The van der Waals surface area contributed by atoms with Gasteiger partial charge in [0.1, 0.15) is 11.0 Å². The molecule has 1 heterocycles. The molecule has 0 saturated heterocycles. The van der Waals surface area contributed by atoms with Crippen LogP contribution in [0.4, 0.5) is 0 Å². The lowest BCUT2D eigenvalue weighted by Gasteiger charge is -2.22. The number of rotatable bonds is 2. The normalized spacial score (nSPS) is 21.7. The third kappa shape index (κ3) is 2.66. The van der Waals surface area contributed by atoms with E-state index in [0.717, 1.165) is 9.27 Å². The molecule has 0 spiro atoms. The second-order valence-electron chi connectivity index (χ2n) is 3.92. The van der Waals surface area contributed by atoms with Gasteiger partial charge in [0.2, 0.25) is 0 Å². The monoisotopic (exact) mass is 305 g/mol. The molecular formula is C11H12ClNO3S2. The molecule has 1 unspecified atom stereocenters. The van der Waals surface area contributed by atoms with Crippen molar-refractivity contribution < 1.29 is 12.6 Å². The van der Waals surface area contributed by atoms with E-state index >= 15 is 0 Å².